The Morgan fingerprint density at radius 2 is 2.07 bits per heavy atom. The van der Waals surface area contributed by atoms with Crippen LogP contribution >= 0.6 is 0 Å². The van der Waals surface area contributed by atoms with Crippen LogP contribution in [-0.2, 0) is 16.6 Å². The first-order valence-electron chi connectivity index (χ1n) is 4.04. The van der Waals surface area contributed by atoms with Crippen LogP contribution in [0.15, 0.2) is 24.3 Å². The van der Waals surface area contributed by atoms with Crippen molar-refractivity contribution in [3.8, 4) is 0 Å². The highest BCUT2D eigenvalue weighted by Crippen LogP contribution is 2.14. The second kappa shape index (κ2) is 4.35. The lowest BCUT2D eigenvalue weighted by atomic mass is 10.1. The van der Waals surface area contributed by atoms with Crippen molar-refractivity contribution in [2.45, 2.75) is 6.42 Å². The number of nitro benzene ring substituents is 1. The zero-order valence-electron chi connectivity index (χ0n) is 7.59. The Balaban J connectivity index is 2.79. The van der Waals surface area contributed by atoms with E-state index in [1.807, 2.05) is 0 Å². The van der Waals surface area contributed by atoms with Gasteiger partial charge in [0.2, 0.25) is 0 Å². The molecule has 0 N–H and O–H groups in total. The molecule has 0 atom stereocenters. The molecule has 7 heteroatoms. The van der Waals surface area contributed by atoms with Crippen molar-refractivity contribution < 1.29 is 17.2 Å². The average molecular weight is 233 g/mol. The summed E-state index contributed by atoms with van der Waals surface area (Å²) in [6, 6.07) is 5.45. The first-order valence-corrected chi connectivity index (χ1v) is 5.59. The molecule has 0 bridgehead atoms. The van der Waals surface area contributed by atoms with Crippen molar-refractivity contribution in [1.29, 1.82) is 0 Å². The van der Waals surface area contributed by atoms with Crippen LogP contribution in [-0.4, -0.2) is 19.1 Å². The van der Waals surface area contributed by atoms with Gasteiger partial charge in [0.15, 0.2) is 0 Å². The fraction of sp³-hybridized carbons (Fsp3) is 0.250. The first-order chi connectivity index (χ1) is 6.88. The summed E-state index contributed by atoms with van der Waals surface area (Å²) in [7, 11) is -4.53. The van der Waals surface area contributed by atoms with E-state index >= 15 is 0 Å². The number of hydrogen-bond acceptors (Lipinski definition) is 4. The highest BCUT2D eigenvalue weighted by Gasteiger charge is 2.10. The fourth-order valence-corrected chi connectivity index (χ4v) is 1.54. The summed E-state index contributed by atoms with van der Waals surface area (Å²) in [5.74, 6) is -0.659. The van der Waals surface area contributed by atoms with Gasteiger partial charge in [0.25, 0.3) is 5.69 Å². The molecule has 0 saturated carbocycles. The number of aryl methyl sites for hydroxylation is 1. The normalized spacial score (nSPS) is 11.3. The Bertz CT molecular complexity index is 471. The topological polar surface area (TPSA) is 77.3 Å². The summed E-state index contributed by atoms with van der Waals surface area (Å²) < 4.78 is 32.6. The summed E-state index contributed by atoms with van der Waals surface area (Å²) in [6.45, 7) is 0. The van der Waals surface area contributed by atoms with Crippen LogP contribution in [0.4, 0.5) is 9.57 Å². The molecule has 0 aliphatic heterocycles. The van der Waals surface area contributed by atoms with Crippen LogP contribution in [0, 0.1) is 10.1 Å². The van der Waals surface area contributed by atoms with Gasteiger partial charge in [0.05, 0.1) is 10.7 Å². The Kier molecular flexibility index (Phi) is 3.35. The number of hydrogen-bond donors (Lipinski definition) is 0. The molecule has 15 heavy (non-hydrogen) atoms. The zero-order chi connectivity index (χ0) is 11.5. The Morgan fingerprint density at radius 3 is 2.60 bits per heavy atom. The fourth-order valence-electron chi connectivity index (χ4n) is 1.07. The lowest BCUT2D eigenvalue weighted by Crippen LogP contribution is -2.02. The van der Waals surface area contributed by atoms with Crippen molar-refractivity contribution in [3.05, 3.63) is 39.9 Å². The summed E-state index contributed by atoms with van der Waals surface area (Å²) >= 11 is 0. The van der Waals surface area contributed by atoms with Gasteiger partial charge in [-0.2, -0.15) is 8.42 Å². The van der Waals surface area contributed by atoms with Crippen LogP contribution in [0.1, 0.15) is 5.56 Å². The molecule has 0 spiro atoms. The number of benzene rings is 1. The molecule has 0 aromatic heterocycles. The van der Waals surface area contributed by atoms with E-state index < -0.39 is 20.9 Å². The van der Waals surface area contributed by atoms with Gasteiger partial charge in [-0.1, -0.05) is 12.1 Å². The van der Waals surface area contributed by atoms with E-state index in [9.17, 15) is 22.4 Å². The maximum atomic E-state index is 12.2. The minimum Gasteiger partial charge on any atom is -0.258 e. The van der Waals surface area contributed by atoms with Crippen LogP contribution in [0.2, 0.25) is 0 Å². The van der Waals surface area contributed by atoms with Gasteiger partial charge in [0, 0.05) is 12.1 Å². The standard InChI is InChI=1S/C8H8FNO4S/c9-15(13,14)5-4-7-2-1-3-8(6-7)10(11)12/h1-3,6H,4-5H2. The summed E-state index contributed by atoms with van der Waals surface area (Å²) in [5.41, 5.74) is 0.286. The SMILES string of the molecule is O=[N+]([O-])c1cccc(CCS(=O)(=O)F)c1. The molecule has 0 unspecified atom stereocenters. The minimum atomic E-state index is -4.53. The van der Waals surface area contributed by atoms with Crippen LogP contribution < -0.4 is 0 Å². The quantitative estimate of drug-likeness (QED) is 0.448. The van der Waals surface area contributed by atoms with E-state index in [0.717, 1.165) is 0 Å². The third kappa shape index (κ3) is 4.03. The van der Waals surface area contributed by atoms with Gasteiger partial charge >= 0.3 is 10.2 Å². The van der Waals surface area contributed by atoms with E-state index in [2.05, 4.69) is 0 Å². The molecule has 0 fully saturated rings. The molecule has 0 amide bonds. The van der Waals surface area contributed by atoms with Crippen molar-refractivity contribution >= 4 is 15.9 Å². The van der Waals surface area contributed by atoms with Gasteiger partial charge in [-0.05, 0) is 12.0 Å². The minimum absolute atomic E-state index is 0.0689. The Labute approximate surface area is 85.9 Å². The molecular formula is C8H8FNO4S. The predicted molar refractivity (Wildman–Crippen MR) is 51.7 cm³/mol. The number of nitro groups is 1. The monoisotopic (exact) mass is 233 g/mol. The number of nitrogens with zero attached hydrogens (tertiary/aromatic N) is 1. The molecule has 0 aliphatic carbocycles. The van der Waals surface area contributed by atoms with E-state index in [4.69, 9.17) is 0 Å². The maximum absolute atomic E-state index is 12.2. The smallest absolute Gasteiger partial charge is 0.258 e. The molecule has 1 rings (SSSR count). The van der Waals surface area contributed by atoms with E-state index in [0.29, 0.717) is 5.56 Å². The van der Waals surface area contributed by atoms with Gasteiger partial charge in [-0.15, -0.1) is 3.89 Å². The van der Waals surface area contributed by atoms with Crippen molar-refractivity contribution in [3.63, 3.8) is 0 Å². The molecule has 1 aromatic rings. The number of rotatable bonds is 4. The average Bonchev–Trinajstić information content (AvgIpc) is 2.14. The summed E-state index contributed by atoms with van der Waals surface area (Å²) in [4.78, 5) is 9.78. The number of non-ortho nitro benzene ring substituents is 1. The lowest BCUT2D eigenvalue weighted by Gasteiger charge is -1.98. The molecule has 5 nitrogen and oxygen atoms in total. The molecule has 0 saturated heterocycles. The second-order valence-corrected chi connectivity index (χ2v) is 4.41. The van der Waals surface area contributed by atoms with Gasteiger partial charge < -0.3 is 0 Å². The maximum Gasteiger partial charge on any atom is 0.302 e. The summed E-state index contributed by atoms with van der Waals surface area (Å²) in [6.07, 6.45) is -0.0689. The Morgan fingerprint density at radius 1 is 1.40 bits per heavy atom. The third-order valence-electron chi connectivity index (χ3n) is 1.76. The number of halogens is 1. The second-order valence-electron chi connectivity index (χ2n) is 2.92. The van der Waals surface area contributed by atoms with E-state index in [1.54, 1.807) is 0 Å². The summed E-state index contributed by atoms with van der Waals surface area (Å²) in [5, 5.41) is 10.4. The van der Waals surface area contributed by atoms with E-state index in [-0.39, 0.29) is 12.1 Å². The highest BCUT2D eigenvalue weighted by molar-refractivity contribution is 7.86. The van der Waals surface area contributed by atoms with Crippen molar-refractivity contribution in [2.24, 2.45) is 0 Å². The highest BCUT2D eigenvalue weighted by atomic mass is 32.3. The predicted octanol–water partition coefficient (Wildman–Crippen LogP) is 1.44. The lowest BCUT2D eigenvalue weighted by molar-refractivity contribution is -0.384. The third-order valence-corrected chi connectivity index (χ3v) is 2.45. The van der Waals surface area contributed by atoms with Crippen molar-refractivity contribution in [1.82, 2.24) is 0 Å². The Hall–Kier alpha value is -1.50. The van der Waals surface area contributed by atoms with E-state index in [1.165, 1.54) is 24.3 Å². The first kappa shape index (κ1) is 11.6. The zero-order valence-corrected chi connectivity index (χ0v) is 8.41. The molecule has 0 aliphatic rings. The van der Waals surface area contributed by atoms with Crippen molar-refractivity contribution in [2.75, 3.05) is 5.75 Å². The van der Waals surface area contributed by atoms with Gasteiger partial charge in [0.1, 0.15) is 0 Å². The van der Waals surface area contributed by atoms with Gasteiger partial charge in [-0.3, -0.25) is 10.1 Å². The molecule has 1 aromatic carbocycles. The molecule has 0 heterocycles. The molecular weight excluding hydrogens is 225 g/mol. The largest absolute Gasteiger partial charge is 0.302 e. The van der Waals surface area contributed by atoms with Crippen LogP contribution in [0.3, 0.4) is 0 Å². The van der Waals surface area contributed by atoms with Crippen LogP contribution in [0.5, 0.6) is 0 Å². The van der Waals surface area contributed by atoms with Crippen LogP contribution in [0.25, 0.3) is 0 Å². The molecule has 0 radical (unpaired) electrons. The van der Waals surface area contributed by atoms with Gasteiger partial charge in [-0.25, -0.2) is 0 Å². The molecule has 82 valence electrons.